The Bertz CT molecular complexity index is 1550. The number of amides is 1. The van der Waals surface area contributed by atoms with Crippen LogP contribution >= 0.6 is 11.3 Å². The summed E-state index contributed by atoms with van der Waals surface area (Å²) >= 11 is 1.43. The number of anilines is 1. The molecule has 7 heteroatoms. The van der Waals surface area contributed by atoms with E-state index < -0.39 is 6.04 Å². The molecular weight excluding hydrogens is 446 g/mol. The van der Waals surface area contributed by atoms with E-state index in [0.29, 0.717) is 22.5 Å². The standard InChI is InChI=1S/C27H23N3O3S/c1-3-33-22-12-10-21(11-13-22)29-25(31)17(2)30-16-28-26-24(27(30)32)23(15-34-26)20-9-8-18-6-4-5-7-19(18)14-20/h4-17H,3H2,1-2H3,(H,29,31). The van der Waals surface area contributed by atoms with Crippen LogP contribution in [-0.2, 0) is 4.79 Å². The highest BCUT2D eigenvalue weighted by molar-refractivity contribution is 7.17. The lowest BCUT2D eigenvalue weighted by Crippen LogP contribution is -2.31. The van der Waals surface area contributed by atoms with Gasteiger partial charge in [0.05, 0.1) is 18.3 Å². The number of nitrogens with one attached hydrogen (secondary N) is 1. The summed E-state index contributed by atoms with van der Waals surface area (Å²) in [6, 6.07) is 20.7. The van der Waals surface area contributed by atoms with Gasteiger partial charge < -0.3 is 10.1 Å². The predicted molar refractivity (Wildman–Crippen MR) is 138 cm³/mol. The second kappa shape index (κ2) is 9.11. The third kappa shape index (κ3) is 4.06. The van der Waals surface area contributed by atoms with E-state index in [2.05, 4.69) is 34.6 Å². The van der Waals surface area contributed by atoms with Crippen molar-refractivity contribution in [2.24, 2.45) is 0 Å². The quantitative estimate of drug-likeness (QED) is 0.337. The van der Waals surface area contributed by atoms with Crippen molar-refractivity contribution in [3.05, 3.63) is 88.8 Å². The van der Waals surface area contributed by atoms with Gasteiger partial charge in [-0.1, -0.05) is 36.4 Å². The van der Waals surface area contributed by atoms with E-state index >= 15 is 0 Å². The van der Waals surface area contributed by atoms with E-state index in [1.54, 1.807) is 31.2 Å². The number of carbonyl (C=O) groups is 1. The second-order valence-corrected chi connectivity index (χ2v) is 8.83. The lowest BCUT2D eigenvalue weighted by Gasteiger charge is -2.15. The minimum Gasteiger partial charge on any atom is -0.494 e. The Kier molecular flexibility index (Phi) is 5.86. The number of carbonyl (C=O) groups excluding carboxylic acids is 1. The zero-order chi connectivity index (χ0) is 23.7. The van der Waals surface area contributed by atoms with Crippen molar-refractivity contribution in [2.45, 2.75) is 19.9 Å². The van der Waals surface area contributed by atoms with Gasteiger partial charge in [-0.25, -0.2) is 4.98 Å². The highest BCUT2D eigenvalue weighted by Gasteiger charge is 2.20. The number of fused-ring (bicyclic) bond motifs is 2. The fourth-order valence-corrected chi connectivity index (χ4v) is 4.87. The molecule has 2 heterocycles. The zero-order valence-corrected chi connectivity index (χ0v) is 19.6. The van der Waals surface area contributed by atoms with Crippen LogP contribution in [-0.4, -0.2) is 22.1 Å². The maximum atomic E-state index is 13.5. The monoisotopic (exact) mass is 469 g/mol. The molecule has 1 unspecified atom stereocenters. The fourth-order valence-electron chi connectivity index (χ4n) is 3.96. The molecule has 5 rings (SSSR count). The van der Waals surface area contributed by atoms with Gasteiger partial charge in [0.1, 0.15) is 16.6 Å². The summed E-state index contributed by atoms with van der Waals surface area (Å²) in [6.07, 6.45) is 1.45. The molecule has 0 fully saturated rings. The van der Waals surface area contributed by atoms with E-state index in [-0.39, 0.29) is 11.5 Å². The Morgan fingerprint density at radius 2 is 1.85 bits per heavy atom. The summed E-state index contributed by atoms with van der Waals surface area (Å²) in [4.78, 5) is 31.6. The molecular formula is C27H23N3O3S. The summed E-state index contributed by atoms with van der Waals surface area (Å²) < 4.78 is 6.83. The second-order valence-electron chi connectivity index (χ2n) is 7.97. The van der Waals surface area contributed by atoms with E-state index in [4.69, 9.17) is 4.74 Å². The molecule has 34 heavy (non-hydrogen) atoms. The van der Waals surface area contributed by atoms with Crippen molar-refractivity contribution < 1.29 is 9.53 Å². The van der Waals surface area contributed by atoms with Crippen LogP contribution in [0.25, 0.3) is 32.1 Å². The smallest absolute Gasteiger partial charge is 0.263 e. The van der Waals surface area contributed by atoms with Crippen LogP contribution in [0.2, 0.25) is 0 Å². The van der Waals surface area contributed by atoms with Gasteiger partial charge in [0.25, 0.3) is 5.56 Å². The Morgan fingerprint density at radius 3 is 2.62 bits per heavy atom. The molecule has 1 amide bonds. The Balaban J connectivity index is 1.47. The number of hydrogen-bond acceptors (Lipinski definition) is 5. The summed E-state index contributed by atoms with van der Waals surface area (Å²) in [7, 11) is 0. The topological polar surface area (TPSA) is 73.2 Å². The van der Waals surface area contributed by atoms with Crippen LogP contribution in [0.15, 0.2) is 83.2 Å². The number of aromatic nitrogens is 2. The third-order valence-corrected chi connectivity index (χ3v) is 6.70. The first-order chi connectivity index (χ1) is 16.5. The lowest BCUT2D eigenvalue weighted by atomic mass is 10.0. The van der Waals surface area contributed by atoms with Crippen LogP contribution < -0.4 is 15.6 Å². The maximum absolute atomic E-state index is 13.5. The number of rotatable bonds is 6. The van der Waals surface area contributed by atoms with Gasteiger partial charge >= 0.3 is 0 Å². The minimum absolute atomic E-state index is 0.233. The summed E-state index contributed by atoms with van der Waals surface area (Å²) in [5, 5.41) is 7.60. The van der Waals surface area contributed by atoms with Crippen molar-refractivity contribution in [3.63, 3.8) is 0 Å². The van der Waals surface area contributed by atoms with Crippen molar-refractivity contribution in [1.29, 1.82) is 0 Å². The number of thiophene rings is 1. The van der Waals surface area contributed by atoms with E-state index in [9.17, 15) is 9.59 Å². The molecule has 0 bridgehead atoms. The highest BCUT2D eigenvalue weighted by atomic mass is 32.1. The van der Waals surface area contributed by atoms with E-state index in [1.807, 2.05) is 30.5 Å². The van der Waals surface area contributed by atoms with Gasteiger partial charge in [-0.2, -0.15) is 0 Å². The molecule has 170 valence electrons. The van der Waals surface area contributed by atoms with Gasteiger partial charge in [-0.3, -0.25) is 14.2 Å². The molecule has 5 aromatic rings. The van der Waals surface area contributed by atoms with E-state index in [0.717, 1.165) is 27.6 Å². The van der Waals surface area contributed by atoms with Crippen LogP contribution in [0.4, 0.5) is 5.69 Å². The summed E-state index contributed by atoms with van der Waals surface area (Å²) in [5.74, 6) is 0.438. The maximum Gasteiger partial charge on any atom is 0.263 e. The van der Waals surface area contributed by atoms with Crippen LogP contribution in [0, 0.1) is 0 Å². The molecule has 2 aromatic heterocycles. The van der Waals surface area contributed by atoms with Crippen LogP contribution in [0.5, 0.6) is 5.75 Å². The molecule has 0 aliphatic carbocycles. The molecule has 0 saturated heterocycles. The normalized spacial score (nSPS) is 12.1. The predicted octanol–water partition coefficient (Wildman–Crippen LogP) is 5.88. The van der Waals surface area contributed by atoms with Crippen molar-refractivity contribution in [3.8, 4) is 16.9 Å². The number of benzene rings is 3. The van der Waals surface area contributed by atoms with Gasteiger partial charge in [-0.15, -0.1) is 11.3 Å². The first-order valence-corrected chi connectivity index (χ1v) is 11.9. The van der Waals surface area contributed by atoms with Crippen molar-refractivity contribution >= 4 is 43.9 Å². The minimum atomic E-state index is -0.736. The first kappa shape index (κ1) is 21.9. The lowest BCUT2D eigenvalue weighted by molar-refractivity contribution is -0.118. The van der Waals surface area contributed by atoms with Gasteiger partial charge in [-0.05, 0) is 60.5 Å². The number of ether oxygens (including phenoxy) is 1. The molecule has 6 nitrogen and oxygen atoms in total. The van der Waals surface area contributed by atoms with Crippen molar-refractivity contribution in [1.82, 2.24) is 9.55 Å². The third-order valence-electron chi connectivity index (χ3n) is 5.81. The zero-order valence-electron chi connectivity index (χ0n) is 18.8. The van der Waals surface area contributed by atoms with Gasteiger partial charge in [0.2, 0.25) is 5.91 Å². The summed E-state index contributed by atoms with van der Waals surface area (Å²) in [6.45, 7) is 4.19. The first-order valence-electron chi connectivity index (χ1n) is 11.1. The van der Waals surface area contributed by atoms with Crippen LogP contribution in [0.3, 0.4) is 0 Å². The average Bonchev–Trinajstić information content (AvgIpc) is 3.30. The van der Waals surface area contributed by atoms with Gasteiger partial charge in [0.15, 0.2) is 0 Å². The molecule has 0 saturated carbocycles. The summed E-state index contributed by atoms with van der Waals surface area (Å²) in [5.41, 5.74) is 2.18. The number of hydrogen-bond donors (Lipinski definition) is 1. The number of nitrogens with zero attached hydrogens (tertiary/aromatic N) is 2. The van der Waals surface area contributed by atoms with Crippen LogP contribution in [0.1, 0.15) is 19.9 Å². The van der Waals surface area contributed by atoms with Gasteiger partial charge in [0, 0.05) is 16.6 Å². The Morgan fingerprint density at radius 1 is 1.09 bits per heavy atom. The Labute approximate surface area is 200 Å². The fraction of sp³-hybridized carbons (Fsp3) is 0.148. The van der Waals surface area contributed by atoms with E-state index in [1.165, 1.54) is 22.2 Å². The average molecular weight is 470 g/mol. The molecule has 0 radical (unpaired) electrons. The highest BCUT2D eigenvalue weighted by Crippen LogP contribution is 2.32. The largest absolute Gasteiger partial charge is 0.494 e. The SMILES string of the molecule is CCOc1ccc(NC(=O)C(C)n2cnc3scc(-c4ccc5ccccc5c4)c3c2=O)cc1. The molecule has 0 aliphatic rings. The molecule has 0 spiro atoms. The molecule has 3 aromatic carbocycles. The molecule has 1 atom stereocenters. The Hall–Kier alpha value is -3.97. The molecule has 0 aliphatic heterocycles. The molecule has 1 N–H and O–H groups in total. The van der Waals surface area contributed by atoms with Crippen molar-refractivity contribution in [2.75, 3.05) is 11.9 Å².